The van der Waals surface area contributed by atoms with Gasteiger partial charge in [-0.1, -0.05) is 0 Å². The number of nitrogens with zero attached hydrogens (tertiary/aromatic N) is 2. The number of aromatic nitrogens is 2. The summed E-state index contributed by atoms with van der Waals surface area (Å²) in [5, 5.41) is 4.99. The van der Waals surface area contributed by atoms with E-state index in [1.807, 2.05) is 19.1 Å². The predicted molar refractivity (Wildman–Crippen MR) is 54.9 cm³/mol. The van der Waals surface area contributed by atoms with Crippen LogP contribution in [0, 0.1) is 6.92 Å². The molecule has 14 heavy (non-hydrogen) atoms. The number of nitrogens with two attached hydrogens (primary N) is 1. The predicted octanol–water partition coefficient (Wildman–Crippen LogP) is 1.13. The van der Waals surface area contributed by atoms with E-state index < -0.39 is 0 Å². The molecule has 4 heteroatoms. The maximum Gasteiger partial charge on any atom is 0.141 e. The Balaban J connectivity index is 2.71. The maximum atomic E-state index is 10.4. The molecule has 2 aromatic rings. The molecule has 0 radical (unpaired) electrons. The minimum Gasteiger partial charge on any atom is -0.398 e. The van der Waals surface area contributed by atoms with Crippen molar-refractivity contribution in [3.8, 4) is 0 Å². The average molecular weight is 189 g/mol. The molecule has 0 atom stereocenters. The first kappa shape index (κ1) is 8.74. The third-order valence-corrected chi connectivity index (χ3v) is 2.19. The Kier molecular flexibility index (Phi) is 1.96. The van der Waals surface area contributed by atoms with Crippen LogP contribution in [-0.2, 0) is 11.3 Å². The van der Waals surface area contributed by atoms with Crippen molar-refractivity contribution < 1.29 is 4.79 Å². The van der Waals surface area contributed by atoms with Crippen LogP contribution in [0.4, 0.5) is 5.69 Å². The molecule has 0 saturated heterocycles. The standard InChI is InChI=1S/C10H11N3O/c1-7-4-9(11)8-6-12-13(2-3-14)10(8)5-7/h3-6H,2,11H2,1H3. The van der Waals surface area contributed by atoms with Gasteiger partial charge in [0.1, 0.15) is 6.29 Å². The molecule has 1 heterocycles. The zero-order valence-electron chi connectivity index (χ0n) is 7.90. The van der Waals surface area contributed by atoms with Gasteiger partial charge in [-0.3, -0.25) is 4.68 Å². The van der Waals surface area contributed by atoms with Gasteiger partial charge in [-0.05, 0) is 24.6 Å². The molecule has 4 nitrogen and oxygen atoms in total. The van der Waals surface area contributed by atoms with E-state index in [0.717, 1.165) is 22.8 Å². The first-order valence-electron chi connectivity index (χ1n) is 4.37. The largest absolute Gasteiger partial charge is 0.398 e. The van der Waals surface area contributed by atoms with Crippen LogP contribution in [0.15, 0.2) is 18.3 Å². The highest BCUT2D eigenvalue weighted by Crippen LogP contribution is 2.22. The Morgan fingerprint density at radius 1 is 1.57 bits per heavy atom. The van der Waals surface area contributed by atoms with Crippen molar-refractivity contribution in [1.29, 1.82) is 0 Å². The monoisotopic (exact) mass is 189 g/mol. The lowest BCUT2D eigenvalue weighted by Crippen LogP contribution is -2.00. The second-order valence-electron chi connectivity index (χ2n) is 3.28. The van der Waals surface area contributed by atoms with E-state index in [4.69, 9.17) is 5.73 Å². The van der Waals surface area contributed by atoms with E-state index >= 15 is 0 Å². The summed E-state index contributed by atoms with van der Waals surface area (Å²) in [7, 11) is 0. The molecule has 0 aliphatic rings. The number of anilines is 1. The second-order valence-corrected chi connectivity index (χ2v) is 3.28. The van der Waals surface area contributed by atoms with Gasteiger partial charge < -0.3 is 10.5 Å². The van der Waals surface area contributed by atoms with Crippen LogP contribution >= 0.6 is 0 Å². The van der Waals surface area contributed by atoms with Crippen molar-refractivity contribution in [2.75, 3.05) is 5.73 Å². The summed E-state index contributed by atoms with van der Waals surface area (Å²) in [6.45, 7) is 2.24. The molecule has 1 aromatic heterocycles. The molecule has 0 aliphatic heterocycles. The Morgan fingerprint density at radius 2 is 2.36 bits per heavy atom. The summed E-state index contributed by atoms with van der Waals surface area (Å²) in [4.78, 5) is 10.4. The lowest BCUT2D eigenvalue weighted by molar-refractivity contribution is -0.108. The van der Waals surface area contributed by atoms with E-state index in [1.54, 1.807) is 10.9 Å². The molecule has 0 bridgehead atoms. The minimum atomic E-state index is 0.270. The van der Waals surface area contributed by atoms with Gasteiger partial charge in [-0.2, -0.15) is 5.10 Å². The van der Waals surface area contributed by atoms with Gasteiger partial charge in [0.25, 0.3) is 0 Å². The van der Waals surface area contributed by atoms with Crippen LogP contribution in [0.5, 0.6) is 0 Å². The normalized spacial score (nSPS) is 10.6. The van der Waals surface area contributed by atoms with Crippen LogP contribution in [-0.4, -0.2) is 16.1 Å². The summed E-state index contributed by atoms with van der Waals surface area (Å²) in [5.41, 5.74) is 8.51. The first-order valence-corrected chi connectivity index (χ1v) is 4.37. The Hall–Kier alpha value is -1.84. The molecular weight excluding hydrogens is 178 g/mol. The van der Waals surface area contributed by atoms with Crippen molar-refractivity contribution >= 4 is 22.9 Å². The highest BCUT2D eigenvalue weighted by Gasteiger charge is 2.05. The molecule has 0 fully saturated rings. The van der Waals surface area contributed by atoms with E-state index in [2.05, 4.69) is 5.10 Å². The fraction of sp³-hybridized carbons (Fsp3) is 0.200. The number of aldehydes is 1. The molecule has 72 valence electrons. The molecule has 2 rings (SSSR count). The van der Waals surface area contributed by atoms with Crippen molar-refractivity contribution in [2.24, 2.45) is 0 Å². The third-order valence-electron chi connectivity index (χ3n) is 2.19. The zero-order valence-corrected chi connectivity index (χ0v) is 7.90. The minimum absolute atomic E-state index is 0.270. The van der Waals surface area contributed by atoms with Gasteiger partial charge in [-0.25, -0.2) is 0 Å². The molecule has 1 aromatic carbocycles. The number of carbonyl (C=O) groups is 1. The highest BCUT2D eigenvalue weighted by molar-refractivity contribution is 5.91. The molecule has 0 spiro atoms. The van der Waals surface area contributed by atoms with Gasteiger partial charge in [-0.15, -0.1) is 0 Å². The summed E-state index contributed by atoms with van der Waals surface area (Å²) < 4.78 is 1.64. The maximum absolute atomic E-state index is 10.4. The lowest BCUT2D eigenvalue weighted by atomic mass is 10.1. The lowest BCUT2D eigenvalue weighted by Gasteiger charge is -2.01. The van der Waals surface area contributed by atoms with Crippen molar-refractivity contribution in [1.82, 2.24) is 9.78 Å². The third kappa shape index (κ3) is 1.25. The van der Waals surface area contributed by atoms with Crippen LogP contribution < -0.4 is 5.73 Å². The summed E-state index contributed by atoms with van der Waals surface area (Å²) in [6, 6.07) is 3.87. The number of benzene rings is 1. The van der Waals surface area contributed by atoms with Crippen LogP contribution in [0.2, 0.25) is 0 Å². The quantitative estimate of drug-likeness (QED) is 0.569. The number of carbonyl (C=O) groups excluding carboxylic acids is 1. The number of hydrogen-bond donors (Lipinski definition) is 1. The average Bonchev–Trinajstić information content (AvgIpc) is 2.49. The molecule has 0 aliphatic carbocycles. The Labute approximate surface area is 81.3 Å². The van der Waals surface area contributed by atoms with Crippen LogP contribution in [0.25, 0.3) is 10.9 Å². The molecule has 0 saturated carbocycles. The van der Waals surface area contributed by atoms with E-state index in [1.165, 1.54) is 0 Å². The smallest absolute Gasteiger partial charge is 0.141 e. The second kappa shape index (κ2) is 3.14. The summed E-state index contributed by atoms with van der Waals surface area (Å²) >= 11 is 0. The molecule has 0 amide bonds. The number of nitrogen functional groups attached to an aromatic ring is 1. The van der Waals surface area contributed by atoms with Crippen LogP contribution in [0.3, 0.4) is 0 Å². The zero-order chi connectivity index (χ0) is 10.1. The topological polar surface area (TPSA) is 60.9 Å². The van der Waals surface area contributed by atoms with E-state index in [9.17, 15) is 4.79 Å². The SMILES string of the molecule is Cc1cc(N)c2cnn(CC=O)c2c1. The van der Waals surface area contributed by atoms with Crippen molar-refractivity contribution in [2.45, 2.75) is 13.5 Å². The van der Waals surface area contributed by atoms with Gasteiger partial charge >= 0.3 is 0 Å². The first-order chi connectivity index (χ1) is 6.72. The van der Waals surface area contributed by atoms with Crippen molar-refractivity contribution in [3.63, 3.8) is 0 Å². The van der Waals surface area contributed by atoms with E-state index in [0.29, 0.717) is 5.69 Å². The number of fused-ring (bicyclic) bond motifs is 1. The van der Waals surface area contributed by atoms with E-state index in [-0.39, 0.29) is 6.54 Å². The Bertz CT molecular complexity index is 487. The fourth-order valence-corrected chi connectivity index (χ4v) is 1.57. The van der Waals surface area contributed by atoms with Crippen LogP contribution in [0.1, 0.15) is 5.56 Å². The highest BCUT2D eigenvalue weighted by atomic mass is 16.1. The van der Waals surface area contributed by atoms with Gasteiger partial charge in [0.15, 0.2) is 0 Å². The van der Waals surface area contributed by atoms with Gasteiger partial charge in [0.05, 0.1) is 18.3 Å². The molecule has 0 unspecified atom stereocenters. The molecular formula is C10H11N3O. The summed E-state index contributed by atoms with van der Waals surface area (Å²) in [6.07, 6.45) is 2.51. The van der Waals surface area contributed by atoms with Crippen molar-refractivity contribution in [3.05, 3.63) is 23.9 Å². The summed E-state index contributed by atoms with van der Waals surface area (Å²) in [5.74, 6) is 0. The van der Waals surface area contributed by atoms with Gasteiger partial charge in [0, 0.05) is 11.1 Å². The molecule has 2 N–H and O–H groups in total. The number of aryl methyl sites for hydroxylation is 1. The number of hydrogen-bond acceptors (Lipinski definition) is 3. The number of rotatable bonds is 2. The Morgan fingerprint density at radius 3 is 3.07 bits per heavy atom. The fourth-order valence-electron chi connectivity index (χ4n) is 1.57. The van der Waals surface area contributed by atoms with Gasteiger partial charge in [0.2, 0.25) is 0 Å².